The second-order valence-electron chi connectivity index (χ2n) is 7.09. The van der Waals surface area contributed by atoms with E-state index < -0.39 is 0 Å². The highest BCUT2D eigenvalue weighted by atomic mass is 16.5. The smallest absolute Gasteiger partial charge is 0.224 e. The van der Waals surface area contributed by atoms with Gasteiger partial charge in [-0.3, -0.25) is 14.6 Å². The second kappa shape index (κ2) is 9.41. The van der Waals surface area contributed by atoms with Crippen molar-refractivity contribution in [3.05, 3.63) is 53.3 Å². The molecule has 7 nitrogen and oxygen atoms in total. The quantitative estimate of drug-likeness (QED) is 0.718. The van der Waals surface area contributed by atoms with Crippen LogP contribution in [0.25, 0.3) is 0 Å². The maximum Gasteiger partial charge on any atom is 0.224 e. The van der Waals surface area contributed by atoms with Crippen molar-refractivity contribution in [1.29, 1.82) is 0 Å². The predicted octanol–water partition coefficient (Wildman–Crippen LogP) is 2.42. The molecule has 2 amide bonds. The molecular weight excluding hydrogens is 370 g/mol. The van der Waals surface area contributed by atoms with Gasteiger partial charge in [0.1, 0.15) is 0 Å². The van der Waals surface area contributed by atoms with Crippen LogP contribution in [0.3, 0.4) is 0 Å². The molecule has 3 rings (SSSR count). The number of nitrogens with zero attached hydrogens (tertiary/aromatic N) is 3. The Hall–Kier alpha value is -3.09. The average Bonchev–Trinajstić information content (AvgIpc) is 2.75. The number of ether oxygens (including phenoxy) is 2. The Balaban J connectivity index is 1.61. The first kappa shape index (κ1) is 20.6. The van der Waals surface area contributed by atoms with Gasteiger partial charge in [-0.2, -0.15) is 0 Å². The van der Waals surface area contributed by atoms with Crippen molar-refractivity contribution in [1.82, 2.24) is 14.8 Å². The van der Waals surface area contributed by atoms with E-state index in [0.29, 0.717) is 44.1 Å². The van der Waals surface area contributed by atoms with E-state index >= 15 is 0 Å². The molecule has 0 aliphatic carbocycles. The molecule has 0 fully saturated rings. The van der Waals surface area contributed by atoms with Crippen molar-refractivity contribution in [3.8, 4) is 11.5 Å². The zero-order valence-electron chi connectivity index (χ0n) is 17.2. The largest absolute Gasteiger partial charge is 0.493 e. The first-order valence-corrected chi connectivity index (χ1v) is 9.67. The normalized spacial score (nSPS) is 12.9. The third kappa shape index (κ3) is 5.04. The van der Waals surface area contributed by atoms with Gasteiger partial charge >= 0.3 is 0 Å². The lowest BCUT2D eigenvalue weighted by atomic mass is 9.98. The van der Waals surface area contributed by atoms with E-state index in [1.54, 1.807) is 31.5 Å². The van der Waals surface area contributed by atoms with Gasteiger partial charge in [-0.05, 0) is 41.3 Å². The molecule has 2 heterocycles. The molecule has 0 saturated heterocycles. The minimum Gasteiger partial charge on any atom is -0.493 e. The topological polar surface area (TPSA) is 72.0 Å². The van der Waals surface area contributed by atoms with Crippen molar-refractivity contribution in [2.45, 2.75) is 32.9 Å². The van der Waals surface area contributed by atoms with E-state index in [4.69, 9.17) is 9.47 Å². The molecule has 0 spiro atoms. The van der Waals surface area contributed by atoms with Crippen LogP contribution in [0.2, 0.25) is 0 Å². The van der Waals surface area contributed by atoms with Crippen LogP contribution in [0.15, 0.2) is 36.7 Å². The minimum atomic E-state index is -0.0533. The maximum absolute atomic E-state index is 12.8. The van der Waals surface area contributed by atoms with Gasteiger partial charge in [0.2, 0.25) is 11.8 Å². The highest BCUT2D eigenvalue weighted by Gasteiger charge is 2.23. The van der Waals surface area contributed by atoms with Crippen molar-refractivity contribution >= 4 is 11.8 Å². The molecule has 0 bridgehead atoms. The first-order chi connectivity index (χ1) is 14.0. The number of carbonyl (C=O) groups is 2. The van der Waals surface area contributed by atoms with Gasteiger partial charge in [0.15, 0.2) is 11.5 Å². The number of methoxy groups -OCH3 is 2. The van der Waals surface area contributed by atoms with Crippen molar-refractivity contribution in [3.63, 3.8) is 0 Å². The van der Waals surface area contributed by atoms with Crippen LogP contribution in [0, 0.1) is 0 Å². The zero-order valence-corrected chi connectivity index (χ0v) is 17.2. The molecule has 2 aromatic rings. The van der Waals surface area contributed by atoms with Crippen molar-refractivity contribution in [2.24, 2.45) is 0 Å². The molecular formula is C22H27N3O4. The predicted molar refractivity (Wildman–Crippen MR) is 109 cm³/mol. The number of benzene rings is 1. The van der Waals surface area contributed by atoms with Gasteiger partial charge < -0.3 is 19.3 Å². The van der Waals surface area contributed by atoms with Crippen LogP contribution in [0.5, 0.6) is 11.5 Å². The second-order valence-corrected chi connectivity index (χ2v) is 7.09. The molecule has 0 N–H and O–H groups in total. The Kier molecular flexibility index (Phi) is 6.69. The summed E-state index contributed by atoms with van der Waals surface area (Å²) in [7, 11) is 3.23. The molecule has 7 heteroatoms. The van der Waals surface area contributed by atoms with Crippen LogP contribution >= 0.6 is 0 Å². The van der Waals surface area contributed by atoms with E-state index in [1.165, 1.54) is 12.5 Å². The molecule has 0 saturated carbocycles. The minimum absolute atomic E-state index is 0.0443. The van der Waals surface area contributed by atoms with E-state index in [1.807, 2.05) is 29.2 Å². The molecule has 0 unspecified atom stereocenters. The Morgan fingerprint density at radius 1 is 1.17 bits per heavy atom. The summed E-state index contributed by atoms with van der Waals surface area (Å²) in [5.41, 5.74) is 3.19. The van der Waals surface area contributed by atoms with Gasteiger partial charge in [-0.1, -0.05) is 6.07 Å². The SMILES string of the molecule is COc1cc2c(cc1OC)CN(C(=O)CCN(Cc1cccnc1)C(C)=O)CC2. The fourth-order valence-electron chi connectivity index (χ4n) is 3.54. The van der Waals surface area contributed by atoms with Crippen LogP contribution in [0.1, 0.15) is 30.0 Å². The number of rotatable bonds is 7. The summed E-state index contributed by atoms with van der Waals surface area (Å²) < 4.78 is 10.7. The summed E-state index contributed by atoms with van der Waals surface area (Å²) in [6, 6.07) is 7.69. The number of amides is 2. The number of pyridine rings is 1. The lowest BCUT2D eigenvalue weighted by Gasteiger charge is -2.30. The molecule has 154 valence electrons. The molecule has 1 aliphatic rings. The van der Waals surface area contributed by atoms with E-state index in [9.17, 15) is 9.59 Å². The van der Waals surface area contributed by atoms with Crippen molar-refractivity contribution in [2.75, 3.05) is 27.3 Å². The van der Waals surface area contributed by atoms with Gasteiger partial charge in [0.05, 0.1) is 14.2 Å². The van der Waals surface area contributed by atoms with E-state index in [0.717, 1.165) is 17.5 Å². The maximum atomic E-state index is 12.8. The van der Waals surface area contributed by atoms with Crippen LogP contribution in [-0.4, -0.2) is 53.9 Å². The molecule has 1 aromatic heterocycles. The van der Waals surface area contributed by atoms with E-state index in [-0.39, 0.29) is 11.8 Å². The number of hydrogen-bond donors (Lipinski definition) is 0. The third-order valence-corrected chi connectivity index (χ3v) is 5.21. The summed E-state index contributed by atoms with van der Waals surface area (Å²) in [6.07, 6.45) is 4.50. The summed E-state index contributed by atoms with van der Waals surface area (Å²) in [5, 5.41) is 0. The monoisotopic (exact) mass is 397 g/mol. The molecule has 1 aliphatic heterocycles. The van der Waals surface area contributed by atoms with E-state index in [2.05, 4.69) is 4.98 Å². The summed E-state index contributed by atoms with van der Waals surface area (Å²) in [5.74, 6) is 1.36. The van der Waals surface area contributed by atoms with Crippen LogP contribution < -0.4 is 9.47 Å². The molecule has 0 radical (unpaired) electrons. The Morgan fingerprint density at radius 3 is 2.52 bits per heavy atom. The fourth-order valence-corrected chi connectivity index (χ4v) is 3.54. The zero-order chi connectivity index (χ0) is 20.8. The number of fused-ring (bicyclic) bond motifs is 1. The Labute approximate surface area is 171 Å². The first-order valence-electron chi connectivity index (χ1n) is 9.67. The van der Waals surface area contributed by atoms with Crippen LogP contribution in [0.4, 0.5) is 0 Å². The lowest BCUT2D eigenvalue weighted by molar-refractivity contribution is -0.134. The third-order valence-electron chi connectivity index (χ3n) is 5.21. The number of aromatic nitrogens is 1. The lowest BCUT2D eigenvalue weighted by Crippen LogP contribution is -2.38. The molecule has 1 aromatic carbocycles. The van der Waals surface area contributed by atoms with Gasteiger partial charge in [-0.25, -0.2) is 0 Å². The average molecular weight is 397 g/mol. The highest BCUT2D eigenvalue weighted by Crippen LogP contribution is 2.33. The van der Waals surface area contributed by atoms with Gasteiger partial charge in [0, 0.05) is 51.9 Å². The molecule has 0 atom stereocenters. The number of carbonyl (C=O) groups excluding carboxylic acids is 2. The fraction of sp³-hybridized carbons (Fsp3) is 0.409. The molecule has 29 heavy (non-hydrogen) atoms. The summed E-state index contributed by atoms with van der Waals surface area (Å²) in [6.45, 7) is 3.56. The Morgan fingerprint density at radius 2 is 1.90 bits per heavy atom. The Bertz CT molecular complexity index is 870. The standard InChI is InChI=1S/C22H27N3O4/c1-16(26)24(14-17-5-4-8-23-13-17)10-7-22(27)25-9-6-18-11-20(28-2)21(29-3)12-19(18)15-25/h4-5,8,11-13H,6-7,9-10,14-15H2,1-3H3. The van der Waals surface area contributed by atoms with Gasteiger partial charge in [-0.15, -0.1) is 0 Å². The number of hydrogen-bond acceptors (Lipinski definition) is 5. The van der Waals surface area contributed by atoms with Crippen molar-refractivity contribution < 1.29 is 19.1 Å². The highest BCUT2D eigenvalue weighted by molar-refractivity contribution is 5.78. The summed E-state index contributed by atoms with van der Waals surface area (Å²) in [4.78, 5) is 32.4. The summed E-state index contributed by atoms with van der Waals surface area (Å²) >= 11 is 0. The van der Waals surface area contributed by atoms with Crippen LogP contribution in [-0.2, 0) is 29.1 Å². The van der Waals surface area contributed by atoms with Gasteiger partial charge in [0.25, 0.3) is 0 Å².